The van der Waals surface area contributed by atoms with E-state index in [1.54, 1.807) is 0 Å². The minimum absolute atomic E-state index is 0.132. The van der Waals surface area contributed by atoms with Crippen molar-refractivity contribution in [2.24, 2.45) is 5.73 Å². The number of halogens is 1. The Kier molecular flexibility index (Phi) is 3.29. The average molecular weight is 278 g/mol. The average Bonchev–Trinajstić information content (AvgIpc) is 3.09. The maximum absolute atomic E-state index is 6.15. The lowest BCUT2D eigenvalue weighted by Gasteiger charge is -2.21. The molecule has 100 valence electrons. The van der Waals surface area contributed by atoms with Crippen molar-refractivity contribution in [2.75, 3.05) is 6.54 Å². The van der Waals surface area contributed by atoms with Crippen LogP contribution in [0.4, 0.5) is 0 Å². The summed E-state index contributed by atoms with van der Waals surface area (Å²) in [4.78, 5) is 4.52. The van der Waals surface area contributed by atoms with Crippen molar-refractivity contribution < 1.29 is 4.52 Å². The second-order valence-corrected chi connectivity index (χ2v) is 5.50. The van der Waals surface area contributed by atoms with E-state index in [-0.39, 0.29) is 5.41 Å². The fraction of sp³-hybridized carbons (Fsp3) is 0.429. The lowest BCUT2D eigenvalue weighted by atomic mass is 9.86. The third-order valence-electron chi connectivity index (χ3n) is 3.95. The number of nitrogens with zero attached hydrogens (tertiary/aromatic N) is 2. The Morgan fingerprint density at radius 3 is 2.68 bits per heavy atom. The molecule has 0 bridgehead atoms. The van der Waals surface area contributed by atoms with Crippen LogP contribution in [-0.4, -0.2) is 16.7 Å². The fourth-order valence-corrected chi connectivity index (χ4v) is 2.97. The summed E-state index contributed by atoms with van der Waals surface area (Å²) < 4.78 is 5.45. The molecule has 0 amide bonds. The smallest absolute Gasteiger partial charge is 0.234 e. The molecule has 5 heteroatoms. The maximum Gasteiger partial charge on any atom is 0.234 e. The molecule has 1 fully saturated rings. The van der Waals surface area contributed by atoms with E-state index in [0.717, 1.165) is 18.4 Å². The maximum atomic E-state index is 6.15. The monoisotopic (exact) mass is 277 g/mol. The van der Waals surface area contributed by atoms with Crippen LogP contribution >= 0.6 is 11.6 Å². The van der Waals surface area contributed by atoms with Gasteiger partial charge in [0.25, 0.3) is 0 Å². The van der Waals surface area contributed by atoms with Gasteiger partial charge in [0.05, 0.1) is 10.4 Å². The minimum Gasteiger partial charge on any atom is -0.338 e. The number of nitrogens with two attached hydrogens (primary N) is 1. The molecule has 0 atom stereocenters. The SMILES string of the molecule is NCC1(c2nc(-c3ccccc3Cl)no2)CCCC1. The number of hydrogen-bond donors (Lipinski definition) is 1. The van der Waals surface area contributed by atoms with Crippen molar-refractivity contribution in [2.45, 2.75) is 31.1 Å². The van der Waals surface area contributed by atoms with E-state index in [2.05, 4.69) is 10.1 Å². The number of rotatable bonds is 3. The summed E-state index contributed by atoms with van der Waals surface area (Å²) in [5.74, 6) is 1.20. The van der Waals surface area contributed by atoms with Crippen molar-refractivity contribution >= 4 is 11.6 Å². The van der Waals surface area contributed by atoms with Crippen LogP contribution in [0.15, 0.2) is 28.8 Å². The first-order valence-electron chi connectivity index (χ1n) is 6.54. The molecule has 1 heterocycles. The molecule has 19 heavy (non-hydrogen) atoms. The van der Waals surface area contributed by atoms with Crippen molar-refractivity contribution in [3.63, 3.8) is 0 Å². The second kappa shape index (κ2) is 4.94. The van der Waals surface area contributed by atoms with Gasteiger partial charge in [0.2, 0.25) is 11.7 Å². The van der Waals surface area contributed by atoms with Gasteiger partial charge in [-0.1, -0.05) is 41.7 Å². The summed E-state index contributed by atoms with van der Waals surface area (Å²) in [7, 11) is 0. The highest BCUT2D eigenvalue weighted by Crippen LogP contribution is 2.40. The summed E-state index contributed by atoms with van der Waals surface area (Å²) in [6.45, 7) is 0.553. The molecule has 4 nitrogen and oxygen atoms in total. The highest BCUT2D eigenvalue weighted by molar-refractivity contribution is 6.33. The van der Waals surface area contributed by atoms with Gasteiger partial charge in [-0.05, 0) is 25.0 Å². The highest BCUT2D eigenvalue weighted by atomic mass is 35.5. The molecule has 3 rings (SSSR count). The standard InChI is InChI=1S/C14H16ClN3O/c15-11-6-2-1-5-10(11)12-17-13(19-18-12)14(9-16)7-3-4-8-14/h1-2,5-6H,3-4,7-9,16H2. The molecule has 0 radical (unpaired) electrons. The van der Waals surface area contributed by atoms with Crippen LogP contribution in [0, 0.1) is 0 Å². The van der Waals surface area contributed by atoms with Crippen molar-refractivity contribution in [1.82, 2.24) is 10.1 Å². The predicted molar refractivity (Wildman–Crippen MR) is 73.9 cm³/mol. The zero-order valence-corrected chi connectivity index (χ0v) is 11.4. The molecule has 1 aromatic heterocycles. The predicted octanol–water partition coefficient (Wildman–Crippen LogP) is 3.16. The summed E-state index contributed by atoms with van der Waals surface area (Å²) >= 11 is 6.15. The van der Waals surface area contributed by atoms with E-state index in [4.69, 9.17) is 21.9 Å². The zero-order chi connectivity index (χ0) is 13.3. The third-order valence-corrected chi connectivity index (χ3v) is 4.28. The molecular weight excluding hydrogens is 262 g/mol. The highest BCUT2D eigenvalue weighted by Gasteiger charge is 2.39. The number of hydrogen-bond acceptors (Lipinski definition) is 4. The molecule has 0 spiro atoms. The lowest BCUT2D eigenvalue weighted by molar-refractivity contribution is 0.284. The van der Waals surface area contributed by atoms with E-state index in [9.17, 15) is 0 Å². The molecular formula is C14H16ClN3O. The van der Waals surface area contributed by atoms with Gasteiger partial charge >= 0.3 is 0 Å². The minimum atomic E-state index is -0.132. The van der Waals surface area contributed by atoms with Crippen LogP contribution < -0.4 is 5.73 Å². The summed E-state index contributed by atoms with van der Waals surface area (Å²) in [5.41, 5.74) is 6.59. The Hall–Kier alpha value is -1.39. The zero-order valence-electron chi connectivity index (χ0n) is 10.6. The molecule has 1 aliphatic rings. The summed E-state index contributed by atoms with van der Waals surface area (Å²) in [6, 6.07) is 7.50. The van der Waals surface area contributed by atoms with Crippen LogP contribution in [-0.2, 0) is 5.41 Å². The molecule has 1 aromatic carbocycles. The van der Waals surface area contributed by atoms with Gasteiger partial charge in [-0.3, -0.25) is 0 Å². The Morgan fingerprint density at radius 1 is 1.26 bits per heavy atom. The molecule has 2 aromatic rings. The molecule has 0 unspecified atom stereocenters. The van der Waals surface area contributed by atoms with E-state index < -0.39 is 0 Å². The largest absolute Gasteiger partial charge is 0.338 e. The van der Waals surface area contributed by atoms with Crippen LogP contribution in [0.25, 0.3) is 11.4 Å². The van der Waals surface area contributed by atoms with Crippen molar-refractivity contribution in [3.05, 3.63) is 35.2 Å². The number of aromatic nitrogens is 2. The first kappa shape index (κ1) is 12.6. The van der Waals surface area contributed by atoms with Gasteiger partial charge in [0.1, 0.15) is 0 Å². The van der Waals surface area contributed by atoms with Gasteiger partial charge in [-0.15, -0.1) is 0 Å². The van der Waals surface area contributed by atoms with Gasteiger partial charge < -0.3 is 10.3 Å². The van der Waals surface area contributed by atoms with Gasteiger partial charge in [-0.25, -0.2) is 0 Å². The van der Waals surface area contributed by atoms with E-state index in [0.29, 0.717) is 23.3 Å². The molecule has 0 saturated heterocycles. The van der Waals surface area contributed by atoms with Crippen LogP contribution in [0.3, 0.4) is 0 Å². The Balaban J connectivity index is 1.98. The quantitative estimate of drug-likeness (QED) is 0.936. The molecule has 1 aliphatic carbocycles. The van der Waals surface area contributed by atoms with Gasteiger partial charge in [0, 0.05) is 12.1 Å². The fourth-order valence-electron chi connectivity index (χ4n) is 2.75. The van der Waals surface area contributed by atoms with E-state index in [1.807, 2.05) is 24.3 Å². The molecule has 0 aliphatic heterocycles. The van der Waals surface area contributed by atoms with Gasteiger partial charge in [-0.2, -0.15) is 4.98 Å². The normalized spacial score (nSPS) is 17.8. The Labute approximate surface area is 117 Å². The first-order chi connectivity index (χ1) is 9.25. The van der Waals surface area contributed by atoms with Crippen LogP contribution in [0.1, 0.15) is 31.6 Å². The third kappa shape index (κ3) is 2.15. The lowest BCUT2D eigenvalue weighted by Crippen LogP contribution is -2.32. The van der Waals surface area contributed by atoms with Crippen molar-refractivity contribution in [1.29, 1.82) is 0 Å². The molecule has 1 saturated carbocycles. The number of benzene rings is 1. The van der Waals surface area contributed by atoms with E-state index in [1.165, 1.54) is 12.8 Å². The van der Waals surface area contributed by atoms with Crippen LogP contribution in [0.5, 0.6) is 0 Å². The van der Waals surface area contributed by atoms with E-state index >= 15 is 0 Å². The Bertz CT molecular complexity index is 576. The Morgan fingerprint density at radius 2 is 2.00 bits per heavy atom. The molecule has 2 N–H and O–H groups in total. The van der Waals surface area contributed by atoms with Crippen LogP contribution in [0.2, 0.25) is 5.02 Å². The summed E-state index contributed by atoms with van der Waals surface area (Å²) in [6.07, 6.45) is 4.38. The topological polar surface area (TPSA) is 64.9 Å². The van der Waals surface area contributed by atoms with Gasteiger partial charge in [0.15, 0.2) is 0 Å². The first-order valence-corrected chi connectivity index (χ1v) is 6.92. The second-order valence-electron chi connectivity index (χ2n) is 5.09. The summed E-state index contributed by atoms with van der Waals surface area (Å²) in [5, 5.41) is 4.69. The van der Waals surface area contributed by atoms with Crippen molar-refractivity contribution in [3.8, 4) is 11.4 Å².